The maximum atomic E-state index is 14.2. The summed E-state index contributed by atoms with van der Waals surface area (Å²) in [6.45, 7) is 7.94. The van der Waals surface area contributed by atoms with Crippen LogP contribution in [0.25, 0.3) is 11.1 Å². The molecule has 67 heavy (non-hydrogen) atoms. The minimum atomic E-state index is -3.99. The fraction of sp³-hybridized carbons (Fsp3) is 0.404. The van der Waals surface area contributed by atoms with Crippen LogP contribution in [0, 0.1) is 12.8 Å². The van der Waals surface area contributed by atoms with E-state index in [-0.39, 0.29) is 91.4 Å². The van der Waals surface area contributed by atoms with E-state index in [4.69, 9.17) is 21.1 Å². The van der Waals surface area contributed by atoms with Crippen molar-refractivity contribution in [3.8, 4) is 16.9 Å². The van der Waals surface area contributed by atoms with E-state index in [1.807, 2.05) is 6.07 Å². The minimum Gasteiger partial charge on any atom is -0.482 e. The van der Waals surface area contributed by atoms with Gasteiger partial charge in [0.1, 0.15) is 11.4 Å². The van der Waals surface area contributed by atoms with E-state index in [2.05, 4.69) is 20.5 Å². The number of hydrogen-bond acceptors (Lipinski definition) is 11. The summed E-state index contributed by atoms with van der Waals surface area (Å²) in [6.07, 6.45) is 1.74. The minimum absolute atomic E-state index is 0.0310. The molecule has 0 spiro atoms. The lowest BCUT2D eigenvalue weighted by Crippen LogP contribution is -2.51. The number of sulfonamides is 1. The lowest BCUT2D eigenvalue weighted by molar-refractivity contribution is -0.135. The largest absolute Gasteiger partial charge is 0.482 e. The second-order valence-corrected chi connectivity index (χ2v) is 19.4. The van der Waals surface area contributed by atoms with Crippen LogP contribution < -0.4 is 20.3 Å². The number of ketones is 1. The molecule has 18 nitrogen and oxygen atoms in total. The van der Waals surface area contributed by atoms with Crippen LogP contribution in [0.15, 0.2) is 71.6 Å². The topological polar surface area (TPSA) is 211 Å². The Bertz CT molecular complexity index is 2670. The molecule has 3 N–H and O–H groups in total. The van der Waals surface area contributed by atoms with Crippen LogP contribution in [0.4, 0.5) is 16.2 Å². The van der Waals surface area contributed by atoms with Crippen molar-refractivity contribution in [2.45, 2.75) is 38.0 Å². The maximum absolute atomic E-state index is 14.2. The third-order valence-corrected chi connectivity index (χ3v) is 14.9. The SMILES string of the molecule is CC(=O)c1c(C)[nH]c(C(=O)Nc2cc(S(=O)(=O)N3CCOCC3)ccc2OCC(=O)N2CCN(CC3CCN(C(=O)c4ccc(Cl)c(N5CCC(=O)NC5=O)c4)CC3)CC2)c1-c1ccccc1. The zero-order chi connectivity index (χ0) is 47.4. The van der Waals surface area contributed by atoms with Crippen molar-refractivity contribution < 1.29 is 46.7 Å². The lowest BCUT2D eigenvalue weighted by Gasteiger charge is -2.39. The molecule has 20 heteroatoms. The maximum Gasteiger partial charge on any atom is 0.328 e. The van der Waals surface area contributed by atoms with E-state index in [1.165, 1.54) is 34.3 Å². The van der Waals surface area contributed by atoms with Crippen molar-refractivity contribution in [3.63, 3.8) is 0 Å². The van der Waals surface area contributed by atoms with Gasteiger partial charge >= 0.3 is 6.03 Å². The Kier molecular flexibility index (Phi) is 14.4. The fourth-order valence-electron chi connectivity index (χ4n) is 9.07. The summed E-state index contributed by atoms with van der Waals surface area (Å²) in [7, 11) is -3.99. The summed E-state index contributed by atoms with van der Waals surface area (Å²) in [4.78, 5) is 88.4. The van der Waals surface area contributed by atoms with Crippen LogP contribution in [0.5, 0.6) is 5.75 Å². The molecule has 6 amide bonds. The number of Topliss-reactive ketones (excluding diaryl/α,β-unsaturated/α-hetero) is 1. The normalized spacial score (nSPS) is 17.9. The first-order valence-corrected chi connectivity index (χ1v) is 24.1. The average molecular weight is 958 g/mol. The van der Waals surface area contributed by atoms with Crippen molar-refractivity contribution >= 4 is 68.4 Å². The first-order chi connectivity index (χ1) is 32.2. The molecule has 4 aliphatic rings. The Labute approximate surface area is 393 Å². The van der Waals surface area contributed by atoms with Gasteiger partial charge in [-0.3, -0.25) is 39.1 Å². The third kappa shape index (κ3) is 10.6. The van der Waals surface area contributed by atoms with Gasteiger partial charge in [0, 0.05) is 94.3 Å². The molecule has 0 unspecified atom stereocenters. The van der Waals surface area contributed by atoms with Gasteiger partial charge < -0.3 is 29.6 Å². The number of benzene rings is 3. The highest BCUT2D eigenvalue weighted by Gasteiger charge is 2.32. The number of urea groups is 1. The van der Waals surface area contributed by atoms with Crippen molar-refractivity contribution in [1.82, 2.24) is 29.3 Å². The van der Waals surface area contributed by atoms with Gasteiger partial charge in [0.25, 0.3) is 17.7 Å². The predicted octanol–water partition coefficient (Wildman–Crippen LogP) is 4.64. The summed E-state index contributed by atoms with van der Waals surface area (Å²) in [5, 5.41) is 5.41. The molecule has 0 saturated carbocycles. The predicted molar refractivity (Wildman–Crippen MR) is 249 cm³/mol. The zero-order valence-corrected chi connectivity index (χ0v) is 38.9. The van der Waals surface area contributed by atoms with Gasteiger partial charge in [-0.1, -0.05) is 41.9 Å². The van der Waals surface area contributed by atoms with Gasteiger partial charge in [-0.15, -0.1) is 0 Å². The zero-order valence-electron chi connectivity index (χ0n) is 37.3. The highest BCUT2D eigenvalue weighted by molar-refractivity contribution is 7.89. The monoisotopic (exact) mass is 956 g/mol. The summed E-state index contributed by atoms with van der Waals surface area (Å²) in [5.74, 6) is -1.22. The number of imide groups is 1. The number of piperidine rings is 1. The number of morpholine rings is 1. The molecule has 0 aliphatic carbocycles. The van der Waals surface area contributed by atoms with Crippen molar-refractivity contribution in [1.29, 1.82) is 0 Å². The standard InChI is InChI=1S/C47H53ClN8O10S/c1-30-42(31(2)57)43(33-6-4-3-5-7-33)44(49-30)45(60)50-37-27-35(67(63,64)55-22-24-65-25-23-55)9-11-39(37)66-29-41(59)53-20-18-52(19-21-53)28-32-12-15-54(16-13-32)46(61)34-8-10-36(48)38(26-34)56-17-14-40(58)51-47(56)62/h3-11,26-27,32,49H,12-25,28-29H2,1-2H3,(H,50,60)(H,51,58,62). The van der Waals surface area contributed by atoms with Gasteiger partial charge in [0.05, 0.1) is 34.5 Å². The summed E-state index contributed by atoms with van der Waals surface area (Å²) >= 11 is 6.40. The van der Waals surface area contributed by atoms with Crippen molar-refractivity contribution in [3.05, 3.63) is 94.3 Å². The Morgan fingerprint density at radius 3 is 2.27 bits per heavy atom. The molecule has 1 aromatic heterocycles. The van der Waals surface area contributed by atoms with Gasteiger partial charge in [0.2, 0.25) is 15.9 Å². The number of piperazine rings is 1. The molecule has 3 aromatic carbocycles. The van der Waals surface area contributed by atoms with Crippen molar-refractivity contribution in [2.24, 2.45) is 5.92 Å². The number of rotatable bonds is 13. The van der Waals surface area contributed by atoms with E-state index in [0.29, 0.717) is 83.8 Å². The van der Waals surface area contributed by atoms with Gasteiger partial charge in [-0.2, -0.15) is 4.31 Å². The Morgan fingerprint density at radius 2 is 1.58 bits per heavy atom. The fourth-order valence-corrected chi connectivity index (χ4v) is 10.7. The van der Waals surface area contributed by atoms with Gasteiger partial charge in [-0.05, 0) is 74.6 Å². The number of carbonyl (C=O) groups is 6. The van der Waals surface area contributed by atoms with Crippen LogP contribution in [0.1, 0.15) is 63.1 Å². The number of ether oxygens (including phenoxy) is 2. The number of aryl methyl sites for hydroxylation is 1. The molecule has 5 heterocycles. The molecule has 0 radical (unpaired) electrons. The number of likely N-dealkylation sites (tertiary alicyclic amines) is 1. The third-order valence-electron chi connectivity index (χ3n) is 12.7. The molecule has 4 aromatic rings. The van der Waals surface area contributed by atoms with E-state index in [0.717, 1.165) is 19.4 Å². The number of hydrogen-bond donors (Lipinski definition) is 3. The second kappa shape index (κ2) is 20.4. The van der Waals surface area contributed by atoms with Crippen LogP contribution in [-0.4, -0.2) is 153 Å². The van der Waals surface area contributed by atoms with Crippen LogP contribution >= 0.6 is 11.6 Å². The number of H-pyrrole nitrogens is 1. The first kappa shape index (κ1) is 47.4. The van der Waals surface area contributed by atoms with Crippen LogP contribution in [0.3, 0.4) is 0 Å². The van der Waals surface area contributed by atoms with Gasteiger partial charge in [-0.25, -0.2) is 13.2 Å². The molecule has 0 atom stereocenters. The van der Waals surface area contributed by atoms with E-state index in [1.54, 1.807) is 59.2 Å². The summed E-state index contributed by atoms with van der Waals surface area (Å²) in [5.41, 5.74) is 2.84. The number of aromatic nitrogens is 1. The number of nitrogens with zero attached hydrogens (tertiary/aromatic N) is 5. The van der Waals surface area contributed by atoms with Gasteiger partial charge in [0.15, 0.2) is 12.4 Å². The number of halogens is 1. The second-order valence-electron chi connectivity index (χ2n) is 17.1. The quantitative estimate of drug-likeness (QED) is 0.157. The number of aromatic amines is 1. The number of carbonyl (C=O) groups excluding carboxylic acids is 6. The number of nitrogens with one attached hydrogen (secondary N) is 3. The number of anilines is 2. The molecular formula is C47H53ClN8O10S. The average Bonchev–Trinajstić information content (AvgIpc) is 3.69. The molecular weight excluding hydrogens is 904 g/mol. The van der Waals surface area contributed by atoms with E-state index in [9.17, 15) is 37.2 Å². The molecule has 0 bridgehead atoms. The molecule has 354 valence electrons. The Balaban J connectivity index is 0.879. The summed E-state index contributed by atoms with van der Waals surface area (Å²) < 4.78 is 40.2. The Morgan fingerprint density at radius 1 is 0.866 bits per heavy atom. The first-order valence-electron chi connectivity index (χ1n) is 22.3. The highest BCUT2D eigenvalue weighted by Crippen LogP contribution is 2.35. The van der Waals surface area contributed by atoms with E-state index < -0.39 is 22.0 Å². The summed E-state index contributed by atoms with van der Waals surface area (Å²) in [6, 6.07) is 17.4. The lowest BCUT2D eigenvalue weighted by atomic mass is 9.95. The van der Waals surface area contributed by atoms with Crippen LogP contribution in [0.2, 0.25) is 5.02 Å². The highest BCUT2D eigenvalue weighted by atomic mass is 35.5. The molecule has 4 aliphatic heterocycles. The smallest absolute Gasteiger partial charge is 0.328 e. The molecule has 8 rings (SSSR count). The molecule has 4 fully saturated rings. The van der Waals surface area contributed by atoms with E-state index >= 15 is 0 Å². The molecule has 4 saturated heterocycles. The number of amides is 6. The van der Waals surface area contributed by atoms with Crippen LogP contribution in [-0.2, 0) is 24.3 Å². The van der Waals surface area contributed by atoms with Crippen molar-refractivity contribution in [2.75, 3.05) is 95.5 Å². The Hall–Kier alpha value is -6.12.